The second-order valence-corrected chi connectivity index (χ2v) is 6.33. The number of hydrogen-bond donors (Lipinski definition) is 1. The molecule has 1 atom stereocenters. The highest BCUT2D eigenvalue weighted by atomic mass is 16.5. The van der Waals surface area contributed by atoms with Crippen molar-refractivity contribution in [2.75, 3.05) is 13.2 Å². The van der Waals surface area contributed by atoms with Crippen LogP contribution >= 0.6 is 0 Å². The van der Waals surface area contributed by atoms with Crippen LogP contribution in [-0.4, -0.2) is 19.1 Å². The summed E-state index contributed by atoms with van der Waals surface area (Å²) < 4.78 is 5.18. The lowest BCUT2D eigenvalue weighted by Crippen LogP contribution is -2.32. The fourth-order valence-corrected chi connectivity index (χ4v) is 2.23. The van der Waals surface area contributed by atoms with Gasteiger partial charge in [0.25, 0.3) is 0 Å². The van der Waals surface area contributed by atoms with Crippen LogP contribution in [0.1, 0.15) is 51.8 Å². The van der Waals surface area contributed by atoms with Crippen LogP contribution in [0.3, 0.4) is 0 Å². The molecule has 1 unspecified atom stereocenters. The summed E-state index contributed by atoms with van der Waals surface area (Å²) in [7, 11) is 0. The number of esters is 1. The van der Waals surface area contributed by atoms with Gasteiger partial charge in [0.1, 0.15) is 6.04 Å². The van der Waals surface area contributed by atoms with Crippen LogP contribution in [0.5, 0.6) is 0 Å². The highest BCUT2D eigenvalue weighted by molar-refractivity contribution is 5.77. The number of rotatable bonds is 8. The number of carbonyl (C=O) groups is 1. The lowest BCUT2D eigenvalue weighted by atomic mass is 9.99. The summed E-state index contributed by atoms with van der Waals surface area (Å²) in [4.78, 5) is 12.1. The van der Waals surface area contributed by atoms with E-state index in [2.05, 4.69) is 45.1 Å². The largest absolute Gasteiger partial charge is 0.465 e. The van der Waals surface area contributed by atoms with E-state index in [-0.39, 0.29) is 12.0 Å². The van der Waals surface area contributed by atoms with Gasteiger partial charge in [-0.2, -0.15) is 0 Å². The Hall–Kier alpha value is -1.35. The van der Waals surface area contributed by atoms with Gasteiger partial charge >= 0.3 is 5.97 Å². The van der Waals surface area contributed by atoms with Gasteiger partial charge < -0.3 is 10.1 Å². The van der Waals surface area contributed by atoms with Gasteiger partial charge in [-0.15, -0.1) is 0 Å². The maximum absolute atomic E-state index is 12.1. The minimum absolute atomic E-state index is 0.199. The molecular weight excluding hydrogens is 262 g/mol. The summed E-state index contributed by atoms with van der Waals surface area (Å²) in [5, 5.41) is 3.31. The van der Waals surface area contributed by atoms with E-state index in [0.29, 0.717) is 18.4 Å². The molecule has 0 radical (unpaired) electrons. The van der Waals surface area contributed by atoms with Crippen molar-refractivity contribution < 1.29 is 9.53 Å². The molecule has 0 heterocycles. The number of benzene rings is 1. The van der Waals surface area contributed by atoms with Crippen molar-refractivity contribution in [3.63, 3.8) is 0 Å². The van der Waals surface area contributed by atoms with Gasteiger partial charge in [-0.25, -0.2) is 4.79 Å². The molecule has 3 nitrogen and oxygen atoms in total. The molecule has 0 bridgehead atoms. The molecule has 0 saturated carbocycles. The minimum atomic E-state index is -0.375. The average Bonchev–Trinajstić information content (AvgIpc) is 2.40. The van der Waals surface area contributed by atoms with E-state index in [4.69, 9.17) is 4.74 Å². The normalized spacial score (nSPS) is 12.7. The first-order valence-corrected chi connectivity index (χ1v) is 7.92. The number of ether oxygens (including phenoxy) is 1. The van der Waals surface area contributed by atoms with E-state index in [1.165, 1.54) is 5.56 Å². The monoisotopic (exact) mass is 291 g/mol. The van der Waals surface area contributed by atoms with Crippen molar-refractivity contribution >= 4 is 5.97 Å². The summed E-state index contributed by atoms with van der Waals surface area (Å²) in [5.41, 5.74) is 2.28. The van der Waals surface area contributed by atoms with Gasteiger partial charge in [-0.3, -0.25) is 0 Å². The van der Waals surface area contributed by atoms with Gasteiger partial charge in [0.2, 0.25) is 0 Å². The topological polar surface area (TPSA) is 38.3 Å². The predicted octanol–water partition coefficient (Wildman–Crippen LogP) is 3.73. The number of carbonyl (C=O) groups excluding carboxylic acids is 1. The zero-order chi connectivity index (χ0) is 15.8. The van der Waals surface area contributed by atoms with Crippen LogP contribution in [0.25, 0.3) is 0 Å². The third-order valence-electron chi connectivity index (χ3n) is 3.21. The van der Waals surface area contributed by atoms with Crippen LogP contribution < -0.4 is 5.32 Å². The van der Waals surface area contributed by atoms with E-state index >= 15 is 0 Å². The lowest BCUT2D eigenvalue weighted by Gasteiger charge is -2.19. The molecule has 3 heteroatoms. The first kappa shape index (κ1) is 17.7. The fourth-order valence-electron chi connectivity index (χ4n) is 2.23. The molecule has 0 spiro atoms. The minimum Gasteiger partial charge on any atom is -0.465 e. The van der Waals surface area contributed by atoms with Crippen molar-refractivity contribution in [3.05, 3.63) is 35.4 Å². The standard InChI is InChI=1S/C18H29NO2/c1-6-21-18(20)17(19-12-14(4)5)16-9-7-15(8-10-16)11-13(2)3/h7-10,13-14,17,19H,6,11-12H2,1-5H3. The van der Waals surface area contributed by atoms with Crippen LogP contribution in [0.4, 0.5) is 0 Å². The Balaban J connectivity index is 2.83. The Morgan fingerprint density at radius 2 is 1.71 bits per heavy atom. The zero-order valence-electron chi connectivity index (χ0n) is 14.0. The molecule has 0 aliphatic heterocycles. The molecule has 0 aliphatic rings. The third kappa shape index (κ3) is 6.30. The zero-order valence-corrected chi connectivity index (χ0v) is 14.0. The predicted molar refractivity (Wildman–Crippen MR) is 87.2 cm³/mol. The van der Waals surface area contributed by atoms with Gasteiger partial charge in [0.15, 0.2) is 0 Å². The molecule has 1 aromatic rings. The Morgan fingerprint density at radius 1 is 1.10 bits per heavy atom. The van der Waals surface area contributed by atoms with Crippen LogP contribution in [0, 0.1) is 11.8 Å². The Kier molecular flexibility index (Phi) is 7.44. The van der Waals surface area contributed by atoms with Crippen LogP contribution in [0.15, 0.2) is 24.3 Å². The molecule has 1 rings (SSSR count). The van der Waals surface area contributed by atoms with E-state index < -0.39 is 0 Å². The van der Waals surface area contributed by atoms with Crippen molar-refractivity contribution in [2.24, 2.45) is 11.8 Å². The summed E-state index contributed by atoms with van der Waals surface area (Å²) >= 11 is 0. The quantitative estimate of drug-likeness (QED) is 0.742. The van der Waals surface area contributed by atoms with Crippen molar-refractivity contribution in [1.82, 2.24) is 5.32 Å². The lowest BCUT2D eigenvalue weighted by molar-refractivity contribution is -0.145. The third-order valence-corrected chi connectivity index (χ3v) is 3.21. The van der Waals surface area contributed by atoms with Gasteiger partial charge in [0, 0.05) is 0 Å². The van der Waals surface area contributed by atoms with Crippen LogP contribution in [0.2, 0.25) is 0 Å². The second-order valence-electron chi connectivity index (χ2n) is 6.33. The summed E-state index contributed by atoms with van der Waals surface area (Å²) in [5.74, 6) is 0.924. The summed E-state index contributed by atoms with van der Waals surface area (Å²) in [6.45, 7) is 11.7. The first-order chi connectivity index (χ1) is 9.93. The highest BCUT2D eigenvalue weighted by Gasteiger charge is 2.21. The highest BCUT2D eigenvalue weighted by Crippen LogP contribution is 2.18. The van der Waals surface area contributed by atoms with Crippen LogP contribution in [-0.2, 0) is 16.0 Å². The molecule has 21 heavy (non-hydrogen) atoms. The van der Waals surface area contributed by atoms with E-state index in [1.54, 1.807) is 0 Å². The average molecular weight is 291 g/mol. The molecule has 0 saturated heterocycles. The molecule has 0 fully saturated rings. The number of nitrogens with one attached hydrogen (secondary N) is 1. The van der Waals surface area contributed by atoms with Crippen molar-refractivity contribution in [2.45, 2.75) is 47.1 Å². The maximum atomic E-state index is 12.1. The smallest absolute Gasteiger partial charge is 0.327 e. The number of hydrogen-bond acceptors (Lipinski definition) is 3. The van der Waals surface area contributed by atoms with E-state index in [1.807, 2.05) is 19.1 Å². The first-order valence-electron chi connectivity index (χ1n) is 7.92. The maximum Gasteiger partial charge on any atom is 0.327 e. The van der Waals surface area contributed by atoms with E-state index in [9.17, 15) is 4.79 Å². The van der Waals surface area contributed by atoms with Crippen molar-refractivity contribution in [3.8, 4) is 0 Å². The van der Waals surface area contributed by atoms with Crippen molar-refractivity contribution in [1.29, 1.82) is 0 Å². The molecule has 0 aromatic heterocycles. The van der Waals surface area contributed by atoms with E-state index in [0.717, 1.165) is 18.5 Å². The summed E-state index contributed by atoms with van der Waals surface area (Å²) in [6, 6.07) is 7.91. The Bertz CT molecular complexity index is 423. The molecule has 0 aliphatic carbocycles. The Morgan fingerprint density at radius 3 is 2.19 bits per heavy atom. The summed E-state index contributed by atoms with van der Waals surface area (Å²) in [6.07, 6.45) is 1.06. The van der Waals surface area contributed by atoms with Gasteiger partial charge in [0.05, 0.1) is 6.61 Å². The fraction of sp³-hybridized carbons (Fsp3) is 0.611. The Labute approximate surface area is 129 Å². The second kappa shape index (κ2) is 8.83. The molecular formula is C18H29NO2. The molecule has 0 amide bonds. The SMILES string of the molecule is CCOC(=O)C(NCC(C)C)c1ccc(CC(C)C)cc1. The molecule has 1 aromatic carbocycles. The van der Waals surface area contributed by atoms with Gasteiger partial charge in [-0.05, 0) is 42.9 Å². The van der Waals surface area contributed by atoms with Gasteiger partial charge in [-0.1, -0.05) is 52.0 Å². The molecule has 1 N–H and O–H groups in total. The molecule has 118 valence electrons.